The van der Waals surface area contributed by atoms with Crippen LogP contribution < -0.4 is 0 Å². The third-order valence-corrected chi connectivity index (χ3v) is 2.01. The monoisotopic (exact) mass is 142 g/mol. The molecule has 1 aliphatic carbocycles. The third kappa shape index (κ3) is 1.45. The van der Waals surface area contributed by atoms with Gasteiger partial charge in [0.2, 0.25) is 0 Å². The molecule has 1 aromatic carbocycles. The van der Waals surface area contributed by atoms with Crippen molar-refractivity contribution in [1.29, 1.82) is 0 Å². The molecule has 1 aliphatic rings. The Morgan fingerprint density at radius 1 is 0.900 bits per heavy atom. The van der Waals surface area contributed by atoms with Crippen LogP contribution in [0.5, 0.6) is 0 Å². The van der Waals surface area contributed by atoms with E-state index in [0.29, 0.717) is 0 Å². The van der Waals surface area contributed by atoms with E-state index in [1.807, 2.05) is 0 Å². The van der Waals surface area contributed by atoms with Crippen molar-refractivity contribution in [2.24, 2.45) is 0 Å². The van der Waals surface area contributed by atoms with Gasteiger partial charge in [0.15, 0.2) is 0 Å². The van der Waals surface area contributed by atoms with E-state index in [0.717, 1.165) is 0 Å². The van der Waals surface area contributed by atoms with Crippen LogP contribution in [0.4, 0.5) is 0 Å². The maximum Gasteiger partial charge on any atom is -0.0273 e. The predicted octanol–water partition coefficient (Wildman–Crippen LogP) is 1.53. The van der Waals surface area contributed by atoms with Crippen molar-refractivity contribution in [1.82, 2.24) is 0 Å². The molecule has 1 aromatic rings. The molecule has 1 heteroatoms. The molecule has 0 spiro atoms. The fourth-order valence-electron chi connectivity index (χ4n) is 1.51. The second kappa shape index (κ2) is 3.56. The minimum absolute atomic E-state index is 0. The second-order valence-corrected chi connectivity index (χ2v) is 2.62. The molecule has 0 saturated carbocycles. The fourth-order valence-corrected chi connectivity index (χ4v) is 1.51. The Hall–Kier alpha value is 0.220. The molecule has 0 N–H and O–H groups in total. The van der Waals surface area contributed by atoms with Crippen molar-refractivity contribution in [3.05, 3.63) is 35.4 Å². The smallest absolute Gasteiger partial charge is 0.0273 e. The molecule has 0 aromatic heterocycles. The normalized spacial score (nSPS) is 14.0. The molecule has 0 nitrogen and oxygen atoms in total. The summed E-state index contributed by atoms with van der Waals surface area (Å²) in [5.41, 5.74) is 3.13. The first-order chi connectivity index (χ1) is 4.47. The molecular weight excluding hydrogens is 131 g/mol. The average Bonchev–Trinajstić information content (AvgIpc) is 2.33. The minimum Gasteiger partial charge on any atom is -0.0620 e. The summed E-state index contributed by atoms with van der Waals surface area (Å²) in [5.74, 6) is 0. The summed E-state index contributed by atoms with van der Waals surface area (Å²) >= 11 is 0. The molecule has 0 aliphatic heterocycles. The number of rotatable bonds is 0. The van der Waals surface area contributed by atoms with Gasteiger partial charge < -0.3 is 0 Å². The Kier molecular flexibility index (Phi) is 2.96. The van der Waals surface area contributed by atoms with Gasteiger partial charge in [0.25, 0.3) is 0 Å². The summed E-state index contributed by atoms with van der Waals surface area (Å²) in [4.78, 5) is 0. The number of fused-ring (bicyclic) bond motifs is 1. The third-order valence-electron chi connectivity index (χ3n) is 2.01. The number of hydrogen-bond acceptors (Lipinski definition) is 0. The molecule has 0 atom stereocenters. The first kappa shape index (κ1) is 8.32. The Bertz CT molecular complexity index is 195. The first-order valence-electron chi connectivity index (χ1n) is 3.53. The Balaban J connectivity index is 0.000000500. The van der Waals surface area contributed by atoms with E-state index in [4.69, 9.17) is 0 Å². The molecule has 0 bridgehead atoms. The molecule has 48 valence electrons. The zero-order valence-corrected chi connectivity index (χ0v) is 5.43. The molecule has 0 unspecified atom stereocenters. The van der Waals surface area contributed by atoms with Gasteiger partial charge in [0.05, 0.1) is 0 Å². The molecular formula is C9H11Na. The van der Waals surface area contributed by atoms with Gasteiger partial charge in [-0.1, -0.05) is 24.3 Å². The van der Waals surface area contributed by atoms with Gasteiger partial charge in [-0.15, -0.1) is 0 Å². The zero-order chi connectivity index (χ0) is 6.10. The minimum atomic E-state index is 0. The zero-order valence-electron chi connectivity index (χ0n) is 5.43. The van der Waals surface area contributed by atoms with Crippen molar-refractivity contribution in [2.45, 2.75) is 19.3 Å². The van der Waals surface area contributed by atoms with Crippen molar-refractivity contribution in [2.75, 3.05) is 0 Å². The largest absolute Gasteiger partial charge is 0.0620 e. The van der Waals surface area contributed by atoms with Crippen LogP contribution in [-0.4, -0.2) is 29.6 Å². The van der Waals surface area contributed by atoms with E-state index in [-0.39, 0.29) is 29.6 Å². The summed E-state index contributed by atoms with van der Waals surface area (Å²) in [7, 11) is 0. The van der Waals surface area contributed by atoms with Gasteiger partial charge in [-0.05, 0) is 30.4 Å². The Morgan fingerprint density at radius 3 is 1.90 bits per heavy atom. The van der Waals surface area contributed by atoms with Crippen LogP contribution in [-0.2, 0) is 12.8 Å². The van der Waals surface area contributed by atoms with Crippen LogP contribution in [0.25, 0.3) is 0 Å². The number of hydrogen-bond donors (Lipinski definition) is 0. The van der Waals surface area contributed by atoms with Gasteiger partial charge >= 0.3 is 29.6 Å². The van der Waals surface area contributed by atoms with Gasteiger partial charge in [-0.25, -0.2) is 0 Å². The van der Waals surface area contributed by atoms with Crippen LogP contribution in [0.2, 0.25) is 0 Å². The standard InChI is InChI=1S/C9H10.Na.H/c1-2-5-9-7-3-6-8(9)4-1;;/h1-2,4-5H,3,6-7H2;;. The SMILES string of the molecule is [NaH].c1ccc2c(c1)CCC2. The topological polar surface area (TPSA) is 0 Å². The van der Waals surface area contributed by atoms with E-state index < -0.39 is 0 Å². The molecule has 0 fully saturated rings. The summed E-state index contributed by atoms with van der Waals surface area (Å²) in [6, 6.07) is 8.74. The maximum atomic E-state index is 2.24. The molecule has 0 saturated heterocycles. The number of aryl methyl sites for hydroxylation is 2. The Morgan fingerprint density at radius 2 is 1.40 bits per heavy atom. The quantitative estimate of drug-likeness (QED) is 0.482. The molecule has 2 rings (SSSR count). The van der Waals surface area contributed by atoms with E-state index >= 15 is 0 Å². The fraction of sp³-hybridized carbons (Fsp3) is 0.333. The van der Waals surface area contributed by atoms with Crippen LogP contribution in [0.3, 0.4) is 0 Å². The van der Waals surface area contributed by atoms with Crippen LogP contribution in [0.1, 0.15) is 17.5 Å². The van der Waals surface area contributed by atoms with Gasteiger partial charge in [-0.3, -0.25) is 0 Å². The maximum absolute atomic E-state index is 2.24. The Labute approximate surface area is 83.9 Å². The van der Waals surface area contributed by atoms with E-state index in [1.54, 1.807) is 11.1 Å². The average molecular weight is 142 g/mol. The van der Waals surface area contributed by atoms with Gasteiger partial charge in [-0.2, -0.15) is 0 Å². The van der Waals surface area contributed by atoms with Crippen molar-refractivity contribution in [3.63, 3.8) is 0 Å². The van der Waals surface area contributed by atoms with Crippen molar-refractivity contribution in [3.8, 4) is 0 Å². The van der Waals surface area contributed by atoms with Crippen LogP contribution in [0, 0.1) is 0 Å². The van der Waals surface area contributed by atoms with E-state index in [1.165, 1.54) is 19.3 Å². The van der Waals surface area contributed by atoms with Gasteiger partial charge in [0.1, 0.15) is 0 Å². The van der Waals surface area contributed by atoms with Crippen molar-refractivity contribution >= 4 is 29.6 Å². The predicted molar refractivity (Wildman–Crippen MR) is 45.6 cm³/mol. The molecule has 0 amide bonds. The van der Waals surface area contributed by atoms with Crippen LogP contribution in [0.15, 0.2) is 24.3 Å². The first-order valence-corrected chi connectivity index (χ1v) is 3.53. The summed E-state index contributed by atoms with van der Waals surface area (Å²) in [6.45, 7) is 0. The molecule has 10 heavy (non-hydrogen) atoms. The summed E-state index contributed by atoms with van der Waals surface area (Å²) in [6.07, 6.45) is 3.96. The van der Waals surface area contributed by atoms with Crippen molar-refractivity contribution < 1.29 is 0 Å². The van der Waals surface area contributed by atoms with Crippen LogP contribution >= 0.6 is 0 Å². The number of benzene rings is 1. The molecule has 0 radical (unpaired) electrons. The second-order valence-electron chi connectivity index (χ2n) is 2.62. The van der Waals surface area contributed by atoms with E-state index in [2.05, 4.69) is 24.3 Å². The summed E-state index contributed by atoms with van der Waals surface area (Å²) < 4.78 is 0. The van der Waals surface area contributed by atoms with Gasteiger partial charge in [0, 0.05) is 0 Å². The molecule has 0 heterocycles. The summed E-state index contributed by atoms with van der Waals surface area (Å²) in [5, 5.41) is 0. The van der Waals surface area contributed by atoms with E-state index in [9.17, 15) is 0 Å².